The number of nitro groups is 1. The highest BCUT2D eigenvalue weighted by Crippen LogP contribution is 2.28. The highest BCUT2D eigenvalue weighted by atomic mass is 35.5. The first-order valence-electron chi connectivity index (χ1n) is 4.28. The predicted octanol–water partition coefficient (Wildman–Crippen LogP) is 2.51. The lowest BCUT2D eigenvalue weighted by Gasteiger charge is -2.10. The molecule has 1 rings (SSSR count). The minimum Gasteiger partial charge on any atom is -0.477 e. The number of carboxylic acid groups (broad SMARTS) is 1. The van der Waals surface area contributed by atoms with Crippen LogP contribution in [0, 0.1) is 10.1 Å². The number of rotatable bonds is 4. The molecule has 1 aromatic carbocycles. The van der Waals surface area contributed by atoms with Gasteiger partial charge in [0.2, 0.25) is 0 Å². The van der Waals surface area contributed by atoms with Crippen molar-refractivity contribution >= 4 is 23.3 Å². The highest BCUT2D eigenvalue weighted by Gasteiger charge is 2.39. The Morgan fingerprint density at radius 1 is 1.53 bits per heavy atom. The minimum atomic E-state index is -3.93. The Kier molecular flexibility index (Phi) is 3.62. The fraction of sp³-hybridized carbons (Fsp3) is 0.222. The Morgan fingerprint density at radius 2 is 2.12 bits per heavy atom. The van der Waals surface area contributed by atoms with Crippen molar-refractivity contribution in [2.24, 2.45) is 0 Å². The number of aliphatic carboxylic acids is 1. The lowest BCUT2D eigenvalue weighted by Crippen LogP contribution is -2.30. The van der Waals surface area contributed by atoms with Gasteiger partial charge in [-0.2, -0.15) is 8.78 Å². The Labute approximate surface area is 98.8 Å². The molecule has 0 heterocycles. The van der Waals surface area contributed by atoms with Crippen molar-refractivity contribution in [1.29, 1.82) is 0 Å². The number of hydrogen-bond donors (Lipinski definition) is 1. The van der Waals surface area contributed by atoms with E-state index in [2.05, 4.69) is 0 Å². The van der Waals surface area contributed by atoms with Gasteiger partial charge >= 0.3 is 11.9 Å². The van der Waals surface area contributed by atoms with Crippen LogP contribution in [0.15, 0.2) is 18.2 Å². The van der Waals surface area contributed by atoms with Crippen LogP contribution >= 0.6 is 11.6 Å². The summed E-state index contributed by atoms with van der Waals surface area (Å²) in [5.74, 6) is -6.19. The first-order chi connectivity index (χ1) is 7.74. The predicted molar refractivity (Wildman–Crippen MR) is 54.4 cm³/mol. The zero-order chi connectivity index (χ0) is 13.2. The van der Waals surface area contributed by atoms with Crippen LogP contribution in [0.4, 0.5) is 14.5 Å². The molecule has 0 saturated heterocycles. The normalized spacial score (nSPS) is 11.2. The van der Waals surface area contributed by atoms with Gasteiger partial charge in [0.1, 0.15) is 5.02 Å². The fourth-order valence-corrected chi connectivity index (χ4v) is 1.41. The van der Waals surface area contributed by atoms with E-state index in [0.717, 1.165) is 18.2 Å². The van der Waals surface area contributed by atoms with E-state index in [4.69, 9.17) is 16.7 Å². The molecule has 92 valence electrons. The average molecular weight is 266 g/mol. The Bertz CT molecular complexity index is 478. The number of carboxylic acids is 1. The van der Waals surface area contributed by atoms with Crippen LogP contribution in [0.5, 0.6) is 0 Å². The smallest absolute Gasteiger partial charge is 0.374 e. The molecule has 0 spiro atoms. The van der Waals surface area contributed by atoms with Crippen LogP contribution in [-0.4, -0.2) is 21.9 Å². The van der Waals surface area contributed by atoms with Gasteiger partial charge in [0.25, 0.3) is 5.69 Å². The second-order valence-electron chi connectivity index (χ2n) is 3.23. The summed E-state index contributed by atoms with van der Waals surface area (Å²) in [5, 5.41) is 18.3. The third-order valence-corrected chi connectivity index (χ3v) is 2.25. The minimum absolute atomic E-state index is 0.0898. The van der Waals surface area contributed by atoms with Crippen LogP contribution in [0.2, 0.25) is 5.02 Å². The standard InChI is InChI=1S/C9H6ClF2NO4/c10-6-3-5(1-2-7(6)13(16)17)4-9(11,12)8(14)15/h1-3H,4H2,(H,14,15). The summed E-state index contributed by atoms with van der Waals surface area (Å²) < 4.78 is 25.7. The van der Waals surface area contributed by atoms with Crippen LogP contribution in [-0.2, 0) is 11.2 Å². The van der Waals surface area contributed by atoms with E-state index in [1.165, 1.54) is 0 Å². The molecule has 0 aliphatic heterocycles. The van der Waals surface area contributed by atoms with Crippen molar-refractivity contribution in [3.05, 3.63) is 38.9 Å². The van der Waals surface area contributed by atoms with E-state index < -0.39 is 28.9 Å². The second-order valence-corrected chi connectivity index (χ2v) is 3.64. The SMILES string of the molecule is O=C(O)C(F)(F)Cc1ccc([N+](=O)[O-])c(Cl)c1. The molecule has 0 aliphatic rings. The molecule has 0 radical (unpaired) electrons. The number of alkyl halides is 2. The molecule has 0 aromatic heterocycles. The van der Waals surface area contributed by atoms with Gasteiger partial charge in [-0.05, 0) is 11.6 Å². The molecule has 8 heteroatoms. The van der Waals surface area contributed by atoms with Crippen LogP contribution < -0.4 is 0 Å². The molecule has 0 aliphatic carbocycles. The maximum atomic E-state index is 12.8. The number of nitrogens with zero attached hydrogens (tertiary/aromatic N) is 1. The van der Waals surface area contributed by atoms with E-state index in [1.54, 1.807) is 0 Å². The van der Waals surface area contributed by atoms with Crippen LogP contribution in [0.1, 0.15) is 5.56 Å². The average Bonchev–Trinajstić information content (AvgIpc) is 2.15. The molecule has 0 unspecified atom stereocenters. The maximum Gasteiger partial charge on any atom is 0.374 e. The molecule has 0 amide bonds. The van der Waals surface area contributed by atoms with Crippen molar-refractivity contribution in [3.8, 4) is 0 Å². The quantitative estimate of drug-likeness (QED) is 0.670. The highest BCUT2D eigenvalue weighted by molar-refractivity contribution is 6.32. The van der Waals surface area contributed by atoms with Crippen molar-refractivity contribution in [2.75, 3.05) is 0 Å². The van der Waals surface area contributed by atoms with E-state index in [-0.39, 0.29) is 10.6 Å². The molecule has 0 saturated carbocycles. The van der Waals surface area contributed by atoms with Gasteiger partial charge in [0.05, 0.1) is 4.92 Å². The zero-order valence-corrected chi connectivity index (χ0v) is 8.95. The summed E-state index contributed by atoms with van der Waals surface area (Å²) in [4.78, 5) is 19.8. The van der Waals surface area contributed by atoms with Crippen molar-refractivity contribution < 1.29 is 23.6 Å². The van der Waals surface area contributed by atoms with Gasteiger partial charge < -0.3 is 5.11 Å². The number of benzene rings is 1. The zero-order valence-electron chi connectivity index (χ0n) is 8.19. The van der Waals surface area contributed by atoms with E-state index >= 15 is 0 Å². The summed E-state index contributed by atoms with van der Waals surface area (Å²) in [6, 6.07) is 2.95. The molecular formula is C9H6ClF2NO4. The van der Waals surface area contributed by atoms with Gasteiger partial charge in [-0.3, -0.25) is 10.1 Å². The Balaban J connectivity index is 2.99. The molecule has 1 N–H and O–H groups in total. The topological polar surface area (TPSA) is 80.4 Å². The summed E-state index contributed by atoms with van der Waals surface area (Å²) in [6.45, 7) is 0. The molecule has 17 heavy (non-hydrogen) atoms. The summed E-state index contributed by atoms with van der Waals surface area (Å²) in [7, 11) is 0. The van der Waals surface area contributed by atoms with E-state index in [0.29, 0.717) is 0 Å². The maximum absolute atomic E-state index is 12.8. The Morgan fingerprint density at radius 3 is 2.53 bits per heavy atom. The fourth-order valence-electron chi connectivity index (χ4n) is 1.14. The number of hydrogen-bond acceptors (Lipinski definition) is 3. The Hall–Kier alpha value is -1.76. The summed E-state index contributed by atoms with van der Waals surface area (Å²) >= 11 is 5.50. The third-order valence-electron chi connectivity index (χ3n) is 1.95. The van der Waals surface area contributed by atoms with Gasteiger partial charge in [-0.25, -0.2) is 4.79 Å². The monoisotopic (exact) mass is 265 g/mol. The van der Waals surface area contributed by atoms with Gasteiger partial charge in [-0.15, -0.1) is 0 Å². The molecule has 0 bridgehead atoms. The first kappa shape index (κ1) is 13.3. The van der Waals surface area contributed by atoms with Crippen molar-refractivity contribution in [3.63, 3.8) is 0 Å². The van der Waals surface area contributed by atoms with Crippen LogP contribution in [0.3, 0.4) is 0 Å². The largest absolute Gasteiger partial charge is 0.477 e. The molecule has 1 aromatic rings. The van der Waals surface area contributed by atoms with Crippen molar-refractivity contribution in [1.82, 2.24) is 0 Å². The summed E-state index contributed by atoms with van der Waals surface area (Å²) in [5.41, 5.74) is -0.512. The molecule has 0 fully saturated rings. The van der Waals surface area contributed by atoms with Gasteiger partial charge in [-0.1, -0.05) is 17.7 Å². The third kappa shape index (κ3) is 3.10. The van der Waals surface area contributed by atoms with E-state index in [9.17, 15) is 23.7 Å². The summed E-state index contributed by atoms with van der Waals surface area (Å²) in [6.07, 6.45) is -1.07. The van der Waals surface area contributed by atoms with Gasteiger partial charge in [0, 0.05) is 12.5 Å². The lowest BCUT2D eigenvalue weighted by atomic mass is 10.1. The van der Waals surface area contributed by atoms with Crippen LogP contribution in [0.25, 0.3) is 0 Å². The number of nitro benzene ring substituents is 1. The van der Waals surface area contributed by atoms with Gasteiger partial charge in [0.15, 0.2) is 0 Å². The van der Waals surface area contributed by atoms with E-state index in [1.807, 2.05) is 0 Å². The second kappa shape index (κ2) is 4.62. The molecule has 5 nitrogen and oxygen atoms in total. The lowest BCUT2D eigenvalue weighted by molar-refractivity contribution is -0.384. The van der Waals surface area contributed by atoms with Crippen molar-refractivity contribution in [2.45, 2.75) is 12.3 Å². The number of halogens is 3. The number of carbonyl (C=O) groups is 1. The molecule has 0 atom stereocenters. The molecular weight excluding hydrogens is 260 g/mol. The first-order valence-corrected chi connectivity index (χ1v) is 4.66.